The number of carbonyl (C=O) groups is 2. The summed E-state index contributed by atoms with van der Waals surface area (Å²) in [4.78, 5) is 24.6. The third-order valence-electron chi connectivity index (χ3n) is 8.64. The zero-order valence-corrected chi connectivity index (χ0v) is 30.0. The van der Waals surface area contributed by atoms with E-state index in [4.69, 9.17) is 14.7 Å². The van der Waals surface area contributed by atoms with Crippen molar-refractivity contribution in [2.24, 2.45) is 0 Å². The summed E-state index contributed by atoms with van der Waals surface area (Å²) >= 11 is 0. The highest BCUT2D eigenvalue weighted by Crippen LogP contribution is 2.33. The van der Waals surface area contributed by atoms with Gasteiger partial charge in [0.15, 0.2) is 0 Å². The van der Waals surface area contributed by atoms with Crippen LogP contribution < -0.4 is 14.8 Å². The van der Waals surface area contributed by atoms with Crippen molar-refractivity contribution in [3.63, 3.8) is 0 Å². The van der Waals surface area contributed by atoms with Crippen molar-refractivity contribution in [1.29, 1.82) is 5.26 Å². The fourth-order valence-electron chi connectivity index (χ4n) is 5.92. The lowest BCUT2D eigenvalue weighted by atomic mass is 9.98. The van der Waals surface area contributed by atoms with Crippen molar-refractivity contribution in [3.05, 3.63) is 125 Å². The Morgan fingerprint density at radius 1 is 0.537 bits per heavy atom. The van der Waals surface area contributed by atoms with Crippen LogP contribution in [0.4, 0.5) is 26.3 Å². The molecule has 0 radical (unpaired) electrons. The van der Waals surface area contributed by atoms with Gasteiger partial charge in [-0.05, 0) is 95.5 Å². The Morgan fingerprint density at radius 2 is 1.00 bits per heavy atom. The van der Waals surface area contributed by atoms with Crippen molar-refractivity contribution in [3.8, 4) is 50.9 Å². The predicted octanol–water partition coefficient (Wildman–Crippen LogP) is 10.9. The maximum atomic E-state index is 15.2. The zero-order chi connectivity index (χ0) is 38.8. The molecule has 5 aromatic carbocycles. The van der Waals surface area contributed by atoms with Crippen LogP contribution in [0, 0.1) is 46.2 Å². The van der Waals surface area contributed by atoms with E-state index in [-0.39, 0.29) is 57.5 Å². The first-order chi connectivity index (χ1) is 25.9. The van der Waals surface area contributed by atoms with E-state index in [1.54, 1.807) is 0 Å². The summed E-state index contributed by atoms with van der Waals surface area (Å²) in [6.45, 7) is 0. The van der Waals surface area contributed by atoms with E-state index >= 15 is 8.78 Å². The molecule has 0 fully saturated rings. The summed E-state index contributed by atoms with van der Waals surface area (Å²) in [7, 11) is 2.26. The minimum Gasteiger partial charge on any atom is -0.426 e. The molecule has 0 aliphatic carbocycles. The number of nitrogens with zero attached hydrogens (tertiary/aromatic N) is 1. The number of benzene rings is 5. The van der Waals surface area contributed by atoms with Crippen LogP contribution in [0.15, 0.2) is 84.9 Å². The Balaban J connectivity index is 0.988. The maximum absolute atomic E-state index is 15.2. The van der Waals surface area contributed by atoms with Crippen LogP contribution in [0.3, 0.4) is 0 Å². The van der Waals surface area contributed by atoms with Crippen LogP contribution in [0.1, 0.15) is 63.4 Å². The second kappa shape index (κ2) is 18.5. The Morgan fingerprint density at radius 3 is 1.46 bits per heavy atom. The van der Waals surface area contributed by atoms with Gasteiger partial charge >= 0.3 is 11.9 Å². The summed E-state index contributed by atoms with van der Waals surface area (Å²) in [5.74, 6) is -5.82. The highest BCUT2D eigenvalue weighted by atomic mass is 31.0. The lowest BCUT2D eigenvalue weighted by molar-refractivity contribution is -0.135. The topological polar surface area (TPSA) is 76.4 Å². The lowest BCUT2D eigenvalue weighted by Crippen LogP contribution is -2.08. The monoisotopic (exact) mass is 761 g/mol. The molecule has 0 bridgehead atoms. The molecule has 5 aromatic rings. The van der Waals surface area contributed by atoms with Gasteiger partial charge in [0.1, 0.15) is 58.0 Å². The van der Waals surface area contributed by atoms with Crippen LogP contribution in [-0.2, 0) is 9.59 Å². The summed E-state index contributed by atoms with van der Waals surface area (Å²) in [6.07, 6.45) is 5.68. The molecule has 5 nitrogen and oxygen atoms in total. The Labute approximate surface area is 310 Å². The van der Waals surface area contributed by atoms with Gasteiger partial charge in [0, 0.05) is 41.7 Å². The number of rotatable bonds is 15. The molecule has 1 unspecified atom stereocenters. The molecule has 54 heavy (non-hydrogen) atoms. The largest absolute Gasteiger partial charge is 0.426 e. The summed E-state index contributed by atoms with van der Waals surface area (Å²) in [5, 5.41) is 9.09. The summed E-state index contributed by atoms with van der Waals surface area (Å²) < 4.78 is 96.8. The number of hydrogen-bond donors (Lipinski definition) is 0. The van der Waals surface area contributed by atoms with Crippen LogP contribution >= 0.6 is 9.24 Å². The van der Waals surface area contributed by atoms with Gasteiger partial charge in [0.05, 0.1) is 0 Å². The molecule has 0 saturated heterocycles. The minimum atomic E-state index is -1.13. The Kier molecular flexibility index (Phi) is 13.6. The predicted molar refractivity (Wildman–Crippen MR) is 196 cm³/mol. The highest BCUT2D eigenvalue weighted by molar-refractivity contribution is 7.28. The average Bonchev–Trinajstić information content (AvgIpc) is 3.11. The number of hydrogen-bond acceptors (Lipinski definition) is 5. The van der Waals surface area contributed by atoms with Gasteiger partial charge in [0.25, 0.3) is 0 Å². The summed E-state index contributed by atoms with van der Waals surface area (Å²) in [6, 6.07) is 18.8. The Bertz CT molecular complexity index is 2160. The molecule has 1 atom stereocenters. The number of unbranched alkanes of at least 4 members (excludes halogenated alkanes) is 6. The van der Waals surface area contributed by atoms with E-state index in [9.17, 15) is 27.2 Å². The van der Waals surface area contributed by atoms with Crippen LogP contribution in [0.25, 0.3) is 33.4 Å². The smallest absolute Gasteiger partial charge is 0.311 e. The van der Waals surface area contributed by atoms with E-state index in [2.05, 4.69) is 9.24 Å². The van der Waals surface area contributed by atoms with E-state index in [1.807, 2.05) is 0 Å². The zero-order valence-electron chi connectivity index (χ0n) is 28.9. The molecule has 0 aliphatic heterocycles. The first-order valence-electron chi connectivity index (χ1n) is 17.2. The SMILES string of the molecule is N#Cc1c(F)cc(-c2c(F)cc(-c3ccc(OC(=O)CCCCCCCCCC(=O)Oc4ccc(-c5ccc(F)cc5)c(F)c4)cc3F)cc2P)cc1F. The number of carbonyl (C=O) groups excluding carboxylic acids is 2. The van der Waals surface area contributed by atoms with Crippen LogP contribution in [0.5, 0.6) is 11.5 Å². The molecule has 0 amide bonds. The number of halogens is 6. The summed E-state index contributed by atoms with van der Waals surface area (Å²) in [5.41, 5.74) is -0.0883. The third-order valence-corrected chi connectivity index (χ3v) is 9.09. The van der Waals surface area contributed by atoms with Gasteiger partial charge in [-0.15, -0.1) is 9.24 Å². The van der Waals surface area contributed by atoms with Gasteiger partial charge in [-0.25, -0.2) is 26.3 Å². The molecular formula is C42H34F6NO4P. The molecule has 0 saturated carbocycles. The van der Waals surface area contributed by atoms with E-state index in [0.717, 1.165) is 62.4 Å². The van der Waals surface area contributed by atoms with Gasteiger partial charge in [-0.3, -0.25) is 9.59 Å². The number of ether oxygens (including phenoxy) is 2. The molecule has 5 rings (SSSR count). The normalized spacial score (nSPS) is 10.9. The minimum absolute atomic E-state index is 0.0151. The molecule has 278 valence electrons. The van der Waals surface area contributed by atoms with Crippen LogP contribution in [0.2, 0.25) is 0 Å². The fourth-order valence-corrected chi connectivity index (χ4v) is 6.40. The average molecular weight is 762 g/mol. The van der Waals surface area contributed by atoms with E-state index in [1.165, 1.54) is 60.7 Å². The highest BCUT2D eigenvalue weighted by Gasteiger charge is 2.19. The number of nitriles is 1. The maximum Gasteiger partial charge on any atom is 0.311 e. The molecule has 0 spiro atoms. The molecule has 0 heterocycles. The van der Waals surface area contributed by atoms with Crippen molar-refractivity contribution < 1.29 is 45.4 Å². The molecular weight excluding hydrogens is 727 g/mol. The van der Waals surface area contributed by atoms with Crippen molar-refractivity contribution >= 4 is 26.5 Å². The molecule has 12 heteroatoms. The second-order valence-electron chi connectivity index (χ2n) is 12.6. The van der Waals surface area contributed by atoms with Crippen LogP contribution in [-0.4, -0.2) is 11.9 Å². The van der Waals surface area contributed by atoms with Crippen molar-refractivity contribution in [1.82, 2.24) is 0 Å². The fraction of sp³-hybridized carbons (Fsp3) is 0.214. The van der Waals surface area contributed by atoms with Gasteiger partial charge < -0.3 is 9.47 Å². The first kappa shape index (κ1) is 39.7. The van der Waals surface area contributed by atoms with E-state index in [0.29, 0.717) is 18.4 Å². The first-order valence-corrected chi connectivity index (χ1v) is 17.8. The van der Waals surface area contributed by atoms with Crippen molar-refractivity contribution in [2.45, 2.75) is 57.8 Å². The quantitative estimate of drug-likeness (QED) is 0.0349. The lowest BCUT2D eigenvalue weighted by Gasteiger charge is -2.13. The third kappa shape index (κ3) is 10.4. The number of esters is 2. The van der Waals surface area contributed by atoms with E-state index < -0.39 is 52.4 Å². The molecule has 0 aliphatic rings. The molecule has 0 N–H and O–H groups in total. The second-order valence-corrected chi connectivity index (χ2v) is 13.2. The molecule has 0 aromatic heterocycles. The van der Waals surface area contributed by atoms with Gasteiger partial charge in [-0.1, -0.05) is 44.2 Å². The Hall–Kier alpha value is -5.46. The van der Waals surface area contributed by atoms with Gasteiger partial charge in [0.2, 0.25) is 0 Å². The standard InChI is InChI=1S/C42H34F6NO4P/c43-28-12-10-25(11-13-28)31-16-14-29(22-36(31)46)52-40(50)8-6-4-2-1-3-5-7-9-41(51)53-30-15-17-32(37(47)23-30)26-18-38(48)42(39(54)21-26)27-19-34(44)33(24-49)35(45)20-27/h10-23H,1-9,54H2. The van der Waals surface area contributed by atoms with Crippen molar-refractivity contribution in [2.75, 3.05) is 0 Å². The van der Waals surface area contributed by atoms with Gasteiger partial charge in [-0.2, -0.15) is 5.26 Å².